The van der Waals surface area contributed by atoms with Crippen molar-refractivity contribution in [3.05, 3.63) is 58.9 Å². The molecule has 0 amide bonds. The Labute approximate surface area is 180 Å². The molecule has 0 spiro atoms. The number of hydrogen-bond acceptors (Lipinski definition) is 3. The lowest BCUT2D eigenvalue weighted by Gasteiger charge is -2.38. The third kappa shape index (κ3) is 5.46. The molecule has 0 saturated carbocycles. The summed E-state index contributed by atoms with van der Waals surface area (Å²) in [5.41, 5.74) is -6.44. The zero-order valence-corrected chi connectivity index (χ0v) is 17.8. The van der Waals surface area contributed by atoms with Gasteiger partial charge in [-0.15, -0.1) is 0 Å². The standard InChI is InChI=1S/C22H23F7O3/c1-19(2,15-10-14(23)6-8-17(15)31-3)12-20(30,22(27,28)29)11-13-5-7-18(32-4)16(9-13)21(24,25)26/h5-10,30H,11-12H2,1-4H3. The van der Waals surface area contributed by atoms with E-state index in [0.717, 1.165) is 31.4 Å². The Kier molecular flexibility index (Phi) is 7.09. The SMILES string of the molecule is COc1ccc(CC(O)(CC(C)(C)c2cc(F)ccc2OC)C(F)(F)F)cc1C(F)(F)F. The van der Waals surface area contributed by atoms with Gasteiger partial charge in [0.15, 0.2) is 5.60 Å². The minimum atomic E-state index is -5.19. The van der Waals surface area contributed by atoms with Gasteiger partial charge >= 0.3 is 12.4 Å². The van der Waals surface area contributed by atoms with E-state index in [1.165, 1.54) is 27.0 Å². The van der Waals surface area contributed by atoms with Gasteiger partial charge in [-0.1, -0.05) is 19.9 Å². The molecule has 3 nitrogen and oxygen atoms in total. The molecule has 2 aromatic carbocycles. The maximum atomic E-state index is 14.0. The summed E-state index contributed by atoms with van der Waals surface area (Å²) in [7, 11) is 2.27. The maximum absolute atomic E-state index is 14.0. The summed E-state index contributed by atoms with van der Waals surface area (Å²) in [5, 5.41) is 10.7. The largest absolute Gasteiger partial charge is 0.496 e. The zero-order valence-electron chi connectivity index (χ0n) is 17.8. The van der Waals surface area contributed by atoms with Gasteiger partial charge in [-0.05, 0) is 47.7 Å². The maximum Gasteiger partial charge on any atom is 0.419 e. The molecule has 10 heteroatoms. The number of rotatable bonds is 7. The van der Waals surface area contributed by atoms with Crippen molar-refractivity contribution < 1.29 is 45.3 Å². The Morgan fingerprint density at radius 2 is 1.34 bits per heavy atom. The van der Waals surface area contributed by atoms with Gasteiger partial charge in [-0.25, -0.2) is 4.39 Å². The number of aliphatic hydroxyl groups is 1. The molecule has 32 heavy (non-hydrogen) atoms. The van der Waals surface area contributed by atoms with Crippen LogP contribution in [0.4, 0.5) is 30.7 Å². The van der Waals surface area contributed by atoms with Gasteiger partial charge in [-0.2, -0.15) is 26.3 Å². The molecule has 0 fully saturated rings. The Bertz CT molecular complexity index is 952. The normalized spacial score (nSPS) is 14.8. The number of hydrogen-bond donors (Lipinski definition) is 1. The summed E-state index contributed by atoms with van der Waals surface area (Å²) in [6, 6.07) is 5.77. The number of halogens is 7. The molecule has 0 saturated heterocycles. The second-order valence-corrected chi connectivity index (χ2v) is 8.14. The van der Waals surface area contributed by atoms with Crippen LogP contribution in [0.3, 0.4) is 0 Å². The highest BCUT2D eigenvalue weighted by Gasteiger charge is 2.56. The summed E-state index contributed by atoms with van der Waals surface area (Å²) in [5.74, 6) is -1.15. The van der Waals surface area contributed by atoms with E-state index < -0.39 is 53.3 Å². The van der Waals surface area contributed by atoms with Gasteiger partial charge in [0.2, 0.25) is 0 Å². The van der Waals surface area contributed by atoms with Crippen molar-refractivity contribution in [2.24, 2.45) is 0 Å². The van der Waals surface area contributed by atoms with Crippen LogP contribution in [0.1, 0.15) is 37.0 Å². The van der Waals surface area contributed by atoms with Crippen molar-refractivity contribution >= 4 is 0 Å². The van der Waals surface area contributed by atoms with Gasteiger partial charge in [0, 0.05) is 12.0 Å². The van der Waals surface area contributed by atoms with Crippen LogP contribution < -0.4 is 9.47 Å². The van der Waals surface area contributed by atoms with Crippen molar-refractivity contribution in [3.8, 4) is 11.5 Å². The van der Waals surface area contributed by atoms with E-state index in [0.29, 0.717) is 6.07 Å². The quantitative estimate of drug-likeness (QED) is 0.502. The minimum Gasteiger partial charge on any atom is -0.496 e. The molecule has 178 valence electrons. The molecular weight excluding hydrogens is 445 g/mol. The lowest BCUT2D eigenvalue weighted by atomic mass is 9.72. The number of ether oxygens (including phenoxy) is 2. The minimum absolute atomic E-state index is 0.0772. The third-order valence-electron chi connectivity index (χ3n) is 5.22. The fourth-order valence-corrected chi connectivity index (χ4v) is 3.72. The summed E-state index contributed by atoms with van der Waals surface area (Å²) in [6.45, 7) is 2.71. The number of alkyl halides is 6. The molecule has 0 aliphatic carbocycles. The molecular formula is C22H23F7O3. The molecule has 0 aliphatic heterocycles. The van der Waals surface area contributed by atoms with Gasteiger partial charge in [0.1, 0.15) is 17.3 Å². The summed E-state index contributed by atoms with van der Waals surface area (Å²) < 4.78 is 105. The summed E-state index contributed by atoms with van der Waals surface area (Å²) in [6.07, 6.45) is -12.2. The van der Waals surface area contributed by atoms with Gasteiger partial charge < -0.3 is 14.6 Å². The fraction of sp³-hybridized carbons (Fsp3) is 0.455. The predicted octanol–water partition coefficient (Wildman–Crippen LogP) is 6.07. The molecule has 0 radical (unpaired) electrons. The third-order valence-corrected chi connectivity index (χ3v) is 5.22. The molecule has 2 rings (SSSR count). The van der Waals surface area contributed by atoms with Crippen molar-refractivity contribution in [1.82, 2.24) is 0 Å². The van der Waals surface area contributed by atoms with Crippen LogP contribution in [0.5, 0.6) is 11.5 Å². The van der Waals surface area contributed by atoms with Crippen molar-refractivity contribution in [2.75, 3.05) is 14.2 Å². The lowest BCUT2D eigenvalue weighted by Crippen LogP contribution is -2.50. The average Bonchev–Trinajstić information content (AvgIpc) is 2.66. The molecule has 0 aliphatic rings. The van der Waals surface area contributed by atoms with Gasteiger partial charge in [-0.3, -0.25) is 0 Å². The average molecular weight is 468 g/mol. The van der Waals surface area contributed by atoms with Crippen LogP contribution in [0.25, 0.3) is 0 Å². The van der Waals surface area contributed by atoms with Crippen LogP contribution >= 0.6 is 0 Å². The van der Waals surface area contributed by atoms with Crippen LogP contribution in [0, 0.1) is 5.82 Å². The Morgan fingerprint density at radius 3 is 1.84 bits per heavy atom. The van der Waals surface area contributed by atoms with E-state index in [9.17, 15) is 35.8 Å². The van der Waals surface area contributed by atoms with E-state index in [4.69, 9.17) is 4.74 Å². The molecule has 1 N–H and O–H groups in total. The Hall–Kier alpha value is -2.49. The monoisotopic (exact) mass is 468 g/mol. The van der Waals surface area contributed by atoms with Crippen LogP contribution in [-0.2, 0) is 18.0 Å². The van der Waals surface area contributed by atoms with Gasteiger partial charge in [0.25, 0.3) is 0 Å². The van der Waals surface area contributed by atoms with E-state index in [-0.39, 0.29) is 16.9 Å². The molecule has 1 unspecified atom stereocenters. The zero-order chi connectivity index (χ0) is 24.5. The first-order valence-electron chi connectivity index (χ1n) is 9.41. The molecule has 0 bridgehead atoms. The lowest BCUT2D eigenvalue weighted by molar-refractivity contribution is -0.266. The van der Waals surface area contributed by atoms with Crippen molar-refractivity contribution in [3.63, 3.8) is 0 Å². The van der Waals surface area contributed by atoms with E-state index in [2.05, 4.69) is 4.74 Å². The predicted molar refractivity (Wildman–Crippen MR) is 103 cm³/mol. The van der Waals surface area contributed by atoms with E-state index in [1.54, 1.807) is 0 Å². The Balaban J connectivity index is 2.51. The Morgan fingerprint density at radius 1 is 0.812 bits per heavy atom. The second kappa shape index (κ2) is 8.80. The highest BCUT2D eigenvalue weighted by atomic mass is 19.4. The second-order valence-electron chi connectivity index (χ2n) is 8.14. The first kappa shape index (κ1) is 25.8. The molecule has 2 aromatic rings. The van der Waals surface area contributed by atoms with Crippen molar-refractivity contribution in [2.45, 2.75) is 50.1 Å². The summed E-state index contributed by atoms with van der Waals surface area (Å²) in [4.78, 5) is 0. The first-order valence-corrected chi connectivity index (χ1v) is 9.41. The number of benzene rings is 2. The highest BCUT2D eigenvalue weighted by molar-refractivity contribution is 5.41. The molecule has 1 atom stereocenters. The van der Waals surface area contributed by atoms with Gasteiger partial charge in [0.05, 0.1) is 19.8 Å². The van der Waals surface area contributed by atoms with Crippen LogP contribution in [0.15, 0.2) is 36.4 Å². The van der Waals surface area contributed by atoms with E-state index in [1.807, 2.05) is 0 Å². The molecule has 0 aromatic heterocycles. The molecule has 0 heterocycles. The first-order chi connectivity index (χ1) is 14.5. The van der Waals surface area contributed by atoms with Crippen LogP contribution in [0.2, 0.25) is 0 Å². The smallest absolute Gasteiger partial charge is 0.419 e. The fourth-order valence-electron chi connectivity index (χ4n) is 3.72. The highest BCUT2D eigenvalue weighted by Crippen LogP contribution is 2.46. The number of methoxy groups -OCH3 is 2. The van der Waals surface area contributed by atoms with Crippen LogP contribution in [-0.4, -0.2) is 31.1 Å². The van der Waals surface area contributed by atoms with Crippen molar-refractivity contribution in [1.29, 1.82) is 0 Å². The van der Waals surface area contributed by atoms with E-state index >= 15 is 0 Å². The summed E-state index contributed by atoms with van der Waals surface area (Å²) >= 11 is 0. The topological polar surface area (TPSA) is 38.7 Å².